The van der Waals surface area contributed by atoms with Crippen molar-refractivity contribution in [3.8, 4) is 0 Å². The molecule has 0 radical (unpaired) electrons. The summed E-state index contributed by atoms with van der Waals surface area (Å²) in [4.78, 5) is 0. The Labute approximate surface area is 122 Å². The van der Waals surface area contributed by atoms with Gasteiger partial charge in [0.05, 0.1) is 7.57 Å². The number of rotatable bonds is 2. The minimum atomic E-state index is -1.36. The van der Waals surface area contributed by atoms with Crippen molar-refractivity contribution < 1.29 is 18.3 Å². The largest absolute Gasteiger partial charge is 0.383 e. The Morgan fingerprint density at radius 1 is 0.944 bits per heavy atom. The average Bonchev–Trinajstić information content (AvgIpc) is 2.62. The van der Waals surface area contributed by atoms with E-state index in [4.69, 9.17) is 0 Å². The molecule has 0 aliphatic rings. The monoisotopic (exact) mass is 400 g/mol. The average molecular weight is 402 g/mol. The summed E-state index contributed by atoms with van der Waals surface area (Å²) >= 11 is 7.72. The summed E-state index contributed by atoms with van der Waals surface area (Å²) in [5, 5.41) is 10.0. The van der Waals surface area contributed by atoms with Crippen molar-refractivity contribution in [3.63, 3.8) is 0 Å². The highest BCUT2D eigenvalue weighted by atomic mass is 79.9. The molecule has 18 heavy (non-hydrogen) atoms. The summed E-state index contributed by atoms with van der Waals surface area (Å²) in [5.41, 5.74) is 0.0803. The molecule has 2 rings (SSSR count). The Morgan fingerprint density at radius 3 is 2.11 bits per heavy atom. The second-order valence-corrected chi connectivity index (χ2v) is 7.22. The smallest absolute Gasteiger partial charge is 0.161 e. The molecular formula is C11H5Br2F3OS. The van der Waals surface area contributed by atoms with Gasteiger partial charge in [0.1, 0.15) is 11.9 Å². The molecule has 0 bridgehead atoms. The molecule has 0 amide bonds. The Morgan fingerprint density at radius 2 is 1.56 bits per heavy atom. The molecule has 1 N–H and O–H groups in total. The van der Waals surface area contributed by atoms with Crippen molar-refractivity contribution in [1.82, 2.24) is 0 Å². The summed E-state index contributed by atoms with van der Waals surface area (Å²) < 4.78 is 40.7. The van der Waals surface area contributed by atoms with Crippen LogP contribution in [0.4, 0.5) is 13.2 Å². The molecule has 7 heteroatoms. The number of aliphatic hydroxyl groups excluding tert-OH is 1. The van der Waals surface area contributed by atoms with E-state index in [1.165, 1.54) is 11.3 Å². The second kappa shape index (κ2) is 5.32. The van der Waals surface area contributed by atoms with Crippen LogP contribution < -0.4 is 0 Å². The fourth-order valence-corrected chi connectivity index (χ4v) is 4.34. The van der Waals surface area contributed by atoms with Crippen LogP contribution in [0.2, 0.25) is 0 Å². The van der Waals surface area contributed by atoms with Crippen molar-refractivity contribution in [2.24, 2.45) is 0 Å². The van der Waals surface area contributed by atoms with Gasteiger partial charge < -0.3 is 5.11 Å². The van der Waals surface area contributed by atoms with Crippen molar-refractivity contribution in [3.05, 3.63) is 54.4 Å². The van der Waals surface area contributed by atoms with E-state index in [9.17, 15) is 18.3 Å². The van der Waals surface area contributed by atoms with Crippen LogP contribution in [-0.4, -0.2) is 5.11 Å². The summed E-state index contributed by atoms with van der Waals surface area (Å²) in [6, 6.07) is 2.66. The third-order valence-electron chi connectivity index (χ3n) is 2.31. The topological polar surface area (TPSA) is 20.2 Å². The van der Waals surface area contributed by atoms with E-state index in [-0.39, 0.29) is 5.56 Å². The van der Waals surface area contributed by atoms with Gasteiger partial charge in [-0.25, -0.2) is 13.2 Å². The molecule has 0 spiro atoms. The van der Waals surface area contributed by atoms with E-state index in [0.29, 0.717) is 21.5 Å². The van der Waals surface area contributed by atoms with Gasteiger partial charge in [0.2, 0.25) is 0 Å². The van der Waals surface area contributed by atoms with Gasteiger partial charge in [0.25, 0.3) is 0 Å². The Bertz CT molecular complexity index is 600. The maximum atomic E-state index is 13.5. The standard InChI is InChI=1S/C11H5Br2F3OS/c12-9-2-5(11(13)18-9)10(17)4-1-7(15)8(16)3-6(4)14/h1-3,10,17H. The second-order valence-electron chi connectivity index (χ2n) is 3.47. The van der Waals surface area contributed by atoms with E-state index >= 15 is 0 Å². The molecule has 2 aromatic rings. The van der Waals surface area contributed by atoms with Gasteiger partial charge in [-0.05, 0) is 44.0 Å². The number of aliphatic hydroxyl groups is 1. The van der Waals surface area contributed by atoms with Crippen molar-refractivity contribution in [2.45, 2.75) is 6.10 Å². The lowest BCUT2D eigenvalue weighted by Crippen LogP contribution is -2.04. The van der Waals surface area contributed by atoms with E-state index in [2.05, 4.69) is 31.9 Å². The first kappa shape index (κ1) is 14.0. The quantitative estimate of drug-likeness (QED) is 0.718. The minimum absolute atomic E-state index is 0.306. The van der Waals surface area contributed by atoms with E-state index < -0.39 is 23.6 Å². The van der Waals surface area contributed by atoms with Crippen LogP contribution in [0.15, 0.2) is 25.8 Å². The van der Waals surface area contributed by atoms with E-state index in [1.54, 1.807) is 6.07 Å². The Kier molecular flexibility index (Phi) is 4.15. The maximum Gasteiger partial charge on any atom is 0.161 e. The zero-order valence-electron chi connectivity index (χ0n) is 8.55. The number of benzene rings is 1. The highest BCUT2D eigenvalue weighted by molar-refractivity contribution is 9.12. The molecule has 0 aliphatic heterocycles. The molecule has 0 saturated heterocycles. The zero-order chi connectivity index (χ0) is 13.4. The molecule has 0 fully saturated rings. The molecule has 1 aromatic carbocycles. The summed E-state index contributed by atoms with van der Waals surface area (Å²) in [6.45, 7) is 0. The third-order valence-corrected chi connectivity index (χ3v) is 4.70. The minimum Gasteiger partial charge on any atom is -0.383 e. The molecule has 1 heterocycles. The predicted octanol–water partition coefficient (Wildman–Crippen LogP) is 4.77. The van der Waals surface area contributed by atoms with Crippen LogP contribution in [0.5, 0.6) is 0 Å². The van der Waals surface area contributed by atoms with Crippen molar-refractivity contribution >= 4 is 43.2 Å². The fourth-order valence-electron chi connectivity index (χ4n) is 1.45. The molecule has 96 valence electrons. The molecule has 0 saturated carbocycles. The molecule has 1 nitrogen and oxygen atoms in total. The van der Waals surface area contributed by atoms with Gasteiger partial charge >= 0.3 is 0 Å². The highest BCUT2D eigenvalue weighted by Gasteiger charge is 2.21. The molecular weight excluding hydrogens is 397 g/mol. The lowest BCUT2D eigenvalue weighted by molar-refractivity contribution is 0.213. The Balaban J connectivity index is 2.49. The van der Waals surface area contributed by atoms with E-state index in [0.717, 1.165) is 3.79 Å². The molecule has 0 aliphatic carbocycles. The summed E-state index contributed by atoms with van der Waals surface area (Å²) in [5.74, 6) is -3.47. The van der Waals surface area contributed by atoms with Crippen LogP contribution in [0.1, 0.15) is 17.2 Å². The SMILES string of the molecule is OC(c1cc(F)c(F)cc1F)c1cc(Br)sc1Br. The first-order chi connectivity index (χ1) is 8.40. The summed E-state index contributed by atoms with van der Waals surface area (Å²) in [6.07, 6.45) is -1.36. The lowest BCUT2D eigenvalue weighted by atomic mass is 10.0. The van der Waals surface area contributed by atoms with Gasteiger partial charge in [0.15, 0.2) is 11.6 Å². The van der Waals surface area contributed by atoms with E-state index in [1.807, 2.05) is 0 Å². The van der Waals surface area contributed by atoms with Crippen molar-refractivity contribution in [1.29, 1.82) is 0 Å². The number of thiophene rings is 1. The van der Waals surface area contributed by atoms with Crippen LogP contribution in [0.25, 0.3) is 0 Å². The van der Waals surface area contributed by atoms with Crippen LogP contribution in [-0.2, 0) is 0 Å². The predicted molar refractivity (Wildman–Crippen MR) is 70.1 cm³/mol. The number of halogens is 5. The van der Waals surface area contributed by atoms with Gasteiger partial charge in [-0.1, -0.05) is 0 Å². The Hall–Kier alpha value is -0.370. The van der Waals surface area contributed by atoms with Gasteiger partial charge in [-0.3, -0.25) is 0 Å². The van der Waals surface area contributed by atoms with Crippen LogP contribution in [0, 0.1) is 17.5 Å². The number of hydrogen-bond donors (Lipinski definition) is 1. The van der Waals surface area contributed by atoms with Gasteiger partial charge in [-0.2, -0.15) is 0 Å². The van der Waals surface area contributed by atoms with Crippen LogP contribution in [0.3, 0.4) is 0 Å². The first-order valence-electron chi connectivity index (χ1n) is 4.67. The van der Waals surface area contributed by atoms with Gasteiger partial charge in [-0.15, -0.1) is 11.3 Å². The molecule has 1 atom stereocenters. The fraction of sp³-hybridized carbons (Fsp3) is 0.0909. The normalized spacial score (nSPS) is 12.8. The lowest BCUT2D eigenvalue weighted by Gasteiger charge is -2.11. The maximum absolute atomic E-state index is 13.5. The van der Waals surface area contributed by atoms with Crippen molar-refractivity contribution in [2.75, 3.05) is 0 Å². The highest BCUT2D eigenvalue weighted by Crippen LogP contribution is 2.38. The van der Waals surface area contributed by atoms with Crippen LogP contribution >= 0.6 is 43.2 Å². The third kappa shape index (κ3) is 2.64. The van der Waals surface area contributed by atoms with Gasteiger partial charge in [0, 0.05) is 17.2 Å². The number of hydrogen-bond acceptors (Lipinski definition) is 2. The molecule has 1 aromatic heterocycles. The zero-order valence-corrected chi connectivity index (χ0v) is 12.5. The molecule has 1 unspecified atom stereocenters. The summed E-state index contributed by atoms with van der Waals surface area (Å²) in [7, 11) is 0. The first-order valence-corrected chi connectivity index (χ1v) is 7.07.